The van der Waals surface area contributed by atoms with Crippen LogP contribution < -0.4 is 0 Å². The van der Waals surface area contributed by atoms with Crippen LogP contribution in [0.1, 0.15) is 18.1 Å². The second-order valence-electron chi connectivity index (χ2n) is 3.84. The fraction of sp³-hybridized carbons (Fsp3) is 0.333. The van der Waals surface area contributed by atoms with Gasteiger partial charge in [-0.2, -0.15) is 0 Å². The molecule has 0 atom stereocenters. The van der Waals surface area contributed by atoms with E-state index in [9.17, 15) is 0 Å². The number of rotatable bonds is 0. The van der Waals surface area contributed by atoms with E-state index in [1.54, 1.807) is 0 Å². The van der Waals surface area contributed by atoms with E-state index in [2.05, 4.69) is 37.2 Å². The van der Waals surface area contributed by atoms with Gasteiger partial charge >= 0.3 is 0 Å². The lowest BCUT2D eigenvalue weighted by Crippen LogP contribution is -2.12. The van der Waals surface area contributed by atoms with Gasteiger partial charge in [0.2, 0.25) is 0 Å². The van der Waals surface area contributed by atoms with Crippen LogP contribution in [0.2, 0.25) is 5.02 Å². The molecule has 1 aromatic carbocycles. The highest BCUT2D eigenvalue weighted by molar-refractivity contribution is 6.30. The predicted molar refractivity (Wildman–Crippen MR) is 61.4 cm³/mol. The standard InChI is InChI=1S/C12H14ClN/c1-9-8-14(2)6-5-10-3-4-11(13)7-12(9)10/h3-4,7-8H,5-6H2,1-2H3. The van der Waals surface area contributed by atoms with Gasteiger partial charge in [-0.1, -0.05) is 17.7 Å². The average molecular weight is 208 g/mol. The molecule has 0 N–H and O–H groups in total. The third-order valence-electron chi connectivity index (χ3n) is 2.64. The first-order chi connectivity index (χ1) is 6.66. The summed E-state index contributed by atoms with van der Waals surface area (Å²) in [6.07, 6.45) is 3.28. The Kier molecular flexibility index (Phi) is 2.51. The summed E-state index contributed by atoms with van der Waals surface area (Å²) in [6.45, 7) is 3.21. The van der Waals surface area contributed by atoms with E-state index in [0.717, 1.165) is 18.0 Å². The van der Waals surface area contributed by atoms with Gasteiger partial charge < -0.3 is 4.90 Å². The lowest BCUT2D eigenvalue weighted by Gasteiger charge is -2.10. The molecule has 74 valence electrons. The number of halogens is 1. The van der Waals surface area contributed by atoms with Crippen molar-refractivity contribution in [3.63, 3.8) is 0 Å². The first-order valence-corrected chi connectivity index (χ1v) is 5.22. The number of hydrogen-bond acceptors (Lipinski definition) is 1. The number of fused-ring (bicyclic) bond motifs is 1. The minimum Gasteiger partial charge on any atom is -0.380 e. The zero-order chi connectivity index (χ0) is 10.1. The van der Waals surface area contributed by atoms with Crippen LogP contribution in [0.25, 0.3) is 5.57 Å². The SMILES string of the molecule is CC1=CN(C)CCc2ccc(Cl)cc21. The molecule has 0 saturated heterocycles. The molecule has 0 fully saturated rings. The van der Waals surface area contributed by atoms with E-state index < -0.39 is 0 Å². The first-order valence-electron chi connectivity index (χ1n) is 4.84. The maximum Gasteiger partial charge on any atom is 0.0412 e. The molecule has 1 aliphatic heterocycles. The summed E-state index contributed by atoms with van der Waals surface area (Å²) in [5.74, 6) is 0. The summed E-state index contributed by atoms with van der Waals surface area (Å²) in [4.78, 5) is 2.23. The van der Waals surface area contributed by atoms with E-state index in [-0.39, 0.29) is 0 Å². The van der Waals surface area contributed by atoms with Crippen molar-refractivity contribution in [3.05, 3.63) is 40.5 Å². The van der Waals surface area contributed by atoms with E-state index in [1.165, 1.54) is 16.7 Å². The second kappa shape index (κ2) is 3.66. The van der Waals surface area contributed by atoms with Gasteiger partial charge in [0.25, 0.3) is 0 Å². The smallest absolute Gasteiger partial charge is 0.0412 e. The zero-order valence-corrected chi connectivity index (χ0v) is 9.30. The Morgan fingerprint density at radius 1 is 1.36 bits per heavy atom. The number of likely N-dealkylation sites (N-methyl/N-ethyl adjacent to an activating group) is 1. The normalized spacial score (nSPS) is 15.9. The van der Waals surface area contributed by atoms with E-state index >= 15 is 0 Å². The third kappa shape index (κ3) is 1.78. The van der Waals surface area contributed by atoms with Crippen LogP contribution in [0.15, 0.2) is 24.4 Å². The summed E-state index contributed by atoms with van der Waals surface area (Å²) < 4.78 is 0. The minimum atomic E-state index is 0.820. The summed E-state index contributed by atoms with van der Waals surface area (Å²) in [7, 11) is 2.11. The van der Waals surface area contributed by atoms with Crippen LogP contribution in [-0.4, -0.2) is 18.5 Å². The van der Waals surface area contributed by atoms with Gasteiger partial charge in [-0.05, 0) is 42.2 Å². The molecule has 0 radical (unpaired) electrons. The minimum absolute atomic E-state index is 0.820. The Balaban J connectivity index is 2.51. The van der Waals surface area contributed by atoms with Crippen LogP contribution in [0.3, 0.4) is 0 Å². The van der Waals surface area contributed by atoms with Gasteiger partial charge in [0, 0.05) is 24.8 Å². The number of benzene rings is 1. The van der Waals surface area contributed by atoms with Gasteiger partial charge in [-0.3, -0.25) is 0 Å². The molecule has 0 amide bonds. The Hall–Kier alpha value is -0.950. The van der Waals surface area contributed by atoms with Gasteiger partial charge in [0.05, 0.1) is 0 Å². The molecule has 0 aromatic heterocycles. The van der Waals surface area contributed by atoms with Crippen LogP contribution in [0.4, 0.5) is 0 Å². The van der Waals surface area contributed by atoms with Gasteiger partial charge in [-0.25, -0.2) is 0 Å². The summed E-state index contributed by atoms with van der Waals surface area (Å²) in [5, 5.41) is 0.820. The highest BCUT2D eigenvalue weighted by Crippen LogP contribution is 2.26. The molecule has 1 aliphatic rings. The Morgan fingerprint density at radius 2 is 2.14 bits per heavy atom. The van der Waals surface area contributed by atoms with Gasteiger partial charge in [-0.15, -0.1) is 0 Å². The molecule has 0 aliphatic carbocycles. The average Bonchev–Trinajstić information content (AvgIpc) is 2.27. The topological polar surface area (TPSA) is 3.24 Å². The monoisotopic (exact) mass is 207 g/mol. The highest BCUT2D eigenvalue weighted by Gasteiger charge is 2.10. The van der Waals surface area contributed by atoms with Crippen molar-refractivity contribution in [2.24, 2.45) is 0 Å². The molecule has 0 bridgehead atoms. The molecule has 1 aromatic rings. The van der Waals surface area contributed by atoms with Crippen molar-refractivity contribution in [1.29, 1.82) is 0 Å². The predicted octanol–water partition coefficient (Wildman–Crippen LogP) is 3.19. The van der Waals surface area contributed by atoms with Crippen LogP contribution in [0.5, 0.6) is 0 Å². The Labute approximate surface area is 90.0 Å². The summed E-state index contributed by atoms with van der Waals surface area (Å²) in [5.41, 5.74) is 3.98. The van der Waals surface area contributed by atoms with Crippen molar-refractivity contribution >= 4 is 17.2 Å². The van der Waals surface area contributed by atoms with Gasteiger partial charge in [0.1, 0.15) is 0 Å². The van der Waals surface area contributed by atoms with Crippen molar-refractivity contribution in [1.82, 2.24) is 4.90 Å². The molecule has 14 heavy (non-hydrogen) atoms. The first kappa shape index (κ1) is 9.60. The molecule has 1 nitrogen and oxygen atoms in total. The van der Waals surface area contributed by atoms with Gasteiger partial charge in [0.15, 0.2) is 0 Å². The summed E-state index contributed by atoms with van der Waals surface area (Å²) in [6, 6.07) is 6.16. The second-order valence-corrected chi connectivity index (χ2v) is 4.28. The molecular weight excluding hydrogens is 194 g/mol. The maximum absolute atomic E-state index is 5.99. The largest absolute Gasteiger partial charge is 0.380 e. The highest BCUT2D eigenvalue weighted by atomic mass is 35.5. The van der Waals surface area contributed by atoms with Crippen molar-refractivity contribution in [2.45, 2.75) is 13.3 Å². The molecule has 2 rings (SSSR count). The fourth-order valence-electron chi connectivity index (χ4n) is 1.90. The number of nitrogens with zero attached hydrogens (tertiary/aromatic N) is 1. The molecular formula is C12H14ClN. The summed E-state index contributed by atoms with van der Waals surface area (Å²) >= 11 is 5.99. The molecule has 0 spiro atoms. The Morgan fingerprint density at radius 3 is 2.93 bits per heavy atom. The molecule has 1 heterocycles. The van der Waals surface area contributed by atoms with Crippen molar-refractivity contribution in [3.8, 4) is 0 Å². The zero-order valence-electron chi connectivity index (χ0n) is 8.55. The molecule has 2 heteroatoms. The van der Waals surface area contributed by atoms with E-state index in [4.69, 9.17) is 11.6 Å². The van der Waals surface area contributed by atoms with Crippen molar-refractivity contribution in [2.75, 3.05) is 13.6 Å². The van der Waals surface area contributed by atoms with Crippen LogP contribution in [-0.2, 0) is 6.42 Å². The quantitative estimate of drug-likeness (QED) is 0.632. The number of allylic oxidation sites excluding steroid dienone is 1. The van der Waals surface area contributed by atoms with Crippen LogP contribution >= 0.6 is 11.6 Å². The van der Waals surface area contributed by atoms with Crippen LogP contribution in [0, 0.1) is 0 Å². The fourth-order valence-corrected chi connectivity index (χ4v) is 2.07. The third-order valence-corrected chi connectivity index (χ3v) is 2.88. The van der Waals surface area contributed by atoms with E-state index in [1.807, 2.05) is 6.07 Å². The number of hydrogen-bond donors (Lipinski definition) is 0. The molecule has 0 saturated carbocycles. The lowest BCUT2D eigenvalue weighted by atomic mass is 10.0. The van der Waals surface area contributed by atoms with Crippen molar-refractivity contribution < 1.29 is 0 Å². The maximum atomic E-state index is 5.99. The lowest BCUT2D eigenvalue weighted by molar-refractivity contribution is 0.465. The Bertz CT molecular complexity index is 382. The van der Waals surface area contributed by atoms with E-state index in [0.29, 0.717) is 0 Å². The molecule has 0 unspecified atom stereocenters.